The van der Waals surface area contributed by atoms with Gasteiger partial charge in [-0.25, -0.2) is 0 Å². The number of carbonyl (C=O) groups excluding carboxylic acids is 1. The molecule has 0 saturated carbocycles. The summed E-state index contributed by atoms with van der Waals surface area (Å²) in [5, 5.41) is 2.17. The van der Waals surface area contributed by atoms with E-state index in [0.717, 1.165) is 49.1 Å². The van der Waals surface area contributed by atoms with Crippen LogP contribution in [-0.2, 0) is 6.54 Å². The van der Waals surface area contributed by atoms with Crippen LogP contribution in [0.4, 0.5) is 0 Å². The highest BCUT2D eigenvalue weighted by Crippen LogP contribution is 2.31. The van der Waals surface area contributed by atoms with Gasteiger partial charge in [-0.15, -0.1) is 0 Å². The lowest BCUT2D eigenvalue weighted by Crippen LogP contribution is -2.47. The highest BCUT2D eigenvalue weighted by molar-refractivity contribution is 6.10. The fraction of sp³-hybridized carbons (Fsp3) is 0.320. The van der Waals surface area contributed by atoms with E-state index in [1.165, 1.54) is 16.7 Å². The lowest BCUT2D eigenvalue weighted by molar-refractivity contribution is 0.0666. The summed E-state index contributed by atoms with van der Waals surface area (Å²) in [4.78, 5) is 19.6. The number of amides is 1. The number of carbonyl (C=O) groups is 1. The number of hydrogen-bond donors (Lipinski definition) is 0. The van der Waals surface area contributed by atoms with E-state index in [1.54, 1.807) is 0 Å². The fourth-order valence-corrected chi connectivity index (χ4v) is 4.08. The zero-order valence-electron chi connectivity index (χ0n) is 17.6. The fourth-order valence-electron chi connectivity index (χ4n) is 4.08. The van der Waals surface area contributed by atoms with Crippen LogP contribution in [0, 0.1) is 0 Å². The predicted octanol–water partition coefficient (Wildman–Crippen LogP) is 3.96. The zero-order valence-corrected chi connectivity index (χ0v) is 17.6. The molecule has 150 valence electrons. The molecule has 4 rings (SSSR count). The molecule has 1 aliphatic rings. The van der Waals surface area contributed by atoms with Gasteiger partial charge in [-0.1, -0.05) is 54.6 Å². The molecule has 0 bridgehead atoms. The van der Waals surface area contributed by atoms with Crippen molar-refractivity contribution in [3.63, 3.8) is 0 Å². The molecule has 4 nitrogen and oxygen atoms in total. The van der Waals surface area contributed by atoms with Crippen LogP contribution in [-0.4, -0.2) is 67.9 Å². The van der Waals surface area contributed by atoms with E-state index in [9.17, 15) is 4.79 Å². The largest absolute Gasteiger partial charge is 0.336 e. The van der Waals surface area contributed by atoms with Crippen molar-refractivity contribution in [2.75, 3.05) is 47.3 Å². The lowest BCUT2D eigenvalue weighted by Gasteiger charge is -2.32. The van der Waals surface area contributed by atoms with Crippen LogP contribution in [0.15, 0.2) is 60.7 Å². The average Bonchev–Trinajstić information content (AvgIpc) is 2.73. The zero-order chi connectivity index (χ0) is 20.4. The number of benzene rings is 3. The van der Waals surface area contributed by atoms with Crippen molar-refractivity contribution in [2.24, 2.45) is 0 Å². The summed E-state index contributed by atoms with van der Waals surface area (Å²) >= 11 is 0. The third kappa shape index (κ3) is 4.19. The third-order valence-corrected chi connectivity index (χ3v) is 5.71. The van der Waals surface area contributed by atoms with E-state index < -0.39 is 0 Å². The molecule has 0 atom stereocenters. The summed E-state index contributed by atoms with van der Waals surface area (Å²) < 4.78 is 0. The number of piperazine rings is 1. The highest BCUT2D eigenvalue weighted by atomic mass is 16.2. The van der Waals surface area contributed by atoms with Crippen LogP contribution in [0.3, 0.4) is 0 Å². The van der Waals surface area contributed by atoms with Crippen LogP contribution in [0.2, 0.25) is 0 Å². The molecule has 1 saturated heterocycles. The van der Waals surface area contributed by atoms with Gasteiger partial charge >= 0.3 is 0 Å². The van der Waals surface area contributed by atoms with Gasteiger partial charge in [0, 0.05) is 38.3 Å². The van der Waals surface area contributed by atoms with Gasteiger partial charge in [0.1, 0.15) is 0 Å². The van der Waals surface area contributed by atoms with Crippen molar-refractivity contribution in [2.45, 2.75) is 6.54 Å². The first-order chi connectivity index (χ1) is 14.0. The summed E-state index contributed by atoms with van der Waals surface area (Å²) in [5.74, 6) is 0.141. The molecule has 0 aromatic heterocycles. The molecule has 3 aromatic carbocycles. The molecule has 0 unspecified atom stereocenters. The number of rotatable bonds is 4. The Balaban J connectivity index is 1.69. The third-order valence-electron chi connectivity index (χ3n) is 5.71. The van der Waals surface area contributed by atoms with E-state index in [0.29, 0.717) is 0 Å². The van der Waals surface area contributed by atoms with Gasteiger partial charge in [0.05, 0.1) is 0 Å². The molecular weight excluding hydrogens is 358 g/mol. The smallest absolute Gasteiger partial charge is 0.254 e. The summed E-state index contributed by atoms with van der Waals surface area (Å²) in [5.41, 5.74) is 4.46. The minimum atomic E-state index is 0.141. The minimum absolute atomic E-state index is 0.141. The van der Waals surface area contributed by atoms with E-state index in [4.69, 9.17) is 0 Å². The average molecular weight is 388 g/mol. The van der Waals surface area contributed by atoms with Crippen molar-refractivity contribution in [3.8, 4) is 11.1 Å². The van der Waals surface area contributed by atoms with Gasteiger partial charge < -0.3 is 14.7 Å². The van der Waals surface area contributed by atoms with Crippen molar-refractivity contribution < 1.29 is 4.79 Å². The molecule has 1 aliphatic heterocycles. The maximum absolute atomic E-state index is 13.2. The standard InChI is InChI=1S/C25H29N3O/c1-26(2)18-19-10-12-20(13-11-19)21-6-4-8-23-22(21)7-5-9-24(23)25(29)28-16-14-27(3)15-17-28/h4-13H,14-18H2,1-3H3. The number of hydrogen-bond acceptors (Lipinski definition) is 3. The molecule has 29 heavy (non-hydrogen) atoms. The van der Waals surface area contributed by atoms with Gasteiger partial charge in [0.15, 0.2) is 0 Å². The maximum atomic E-state index is 13.2. The van der Waals surface area contributed by atoms with Crippen LogP contribution in [0.5, 0.6) is 0 Å². The number of fused-ring (bicyclic) bond motifs is 1. The van der Waals surface area contributed by atoms with Gasteiger partial charge in [-0.2, -0.15) is 0 Å². The van der Waals surface area contributed by atoms with E-state index in [-0.39, 0.29) is 5.91 Å². The number of nitrogens with zero attached hydrogens (tertiary/aromatic N) is 3. The molecule has 1 fully saturated rings. The molecule has 3 aromatic rings. The monoisotopic (exact) mass is 387 g/mol. The Hall–Kier alpha value is -2.69. The molecule has 1 amide bonds. The molecule has 0 radical (unpaired) electrons. The van der Waals surface area contributed by atoms with Crippen molar-refractivity contribution in [3.05, 3.63) is 71.8 Å². The van der Waals surface area contributed by atoms with Gasteiger partial charge in [0.25, 0.3) is 5.91 Å². The Labute approximate surface area is 173 Å². The normalized spacial score (nSPS) is 15.2. The Bertz CT molecular complexity index is 1000. The SMILES string of the molecule is CN(C)Cc1ccc(-c2cccc3c(C(=O)N4CCN(C)CC4)cccc23)cc1. The molecule has 4 heteroatoms. The second kappa shape index (κ2) is 8.36. The second-order valence-electron chi connectivity index (χ2n) is 8.24. The summed E-state index contributed by atoms with van der Waals surface area (Å²) in [6, 6.07) is 21.1. The minimum Gasteiger partial charge on any atom is -0.336 e. The Morgan fingerprint density at radius 3 is 2.21 bits per heavy atom. The Kier molecular flexibility index (Phi) is 5.65. The molecule has 1 heterocycles. The molecule has 0 spiro atoms. The molecule has 0 N–H and O–H groups in total. The second-order valence-corrected chi connectivity index (χ2v) is 8.24. The first-order valence-corrected chi connectivity index (χ1v) is 10.3. The lowest BCUT2D eigenvalue weighted by atomic mass is 9.94. The first-order valence-electron chi connectivity index (χ1n) is 10.3. The van der Waals surface area contributed by atoms with E-state index in [2.05, 4.69) is 79.5 Å². The quantitative estimate of drug-likeness (QED) is 0.678. The van der Waals surface area contributed by atoms with Crippen molar-refractivity contribution in [1.82, 2.24) is 14.7 Å². The highest BCUT2D eigenvalue weighted by Gasteiger charge is 2.22. The van der Waals surface area contributed by atoms with Gasteiger partial charge in [-0.3, -0.25) is 4.79 Å². The summed E-state index contributed by atoms with van der Waals surface area (Å²) in [7, 11) is 6.27. The first kappa shape index (κ1) is 19.6. The van der Waals surface area contributed by atoms with E-state index in [1.807, 2.05) is 17.0 Å². The van der Waals surface area contributed by atoms with Crippen LogP contribution in [0.25, 0.3) is 21.9 Å². The Morgan fingerprint density at radius 2 is 1.52 bits per heavy atom. The predicted molar refractivity (Wildman–Crippen MR) is 120 cm³/mol. The van der Waals surface area contributed by atoms with Gasteiger partial charge in [0.2, 0.25) is 0 Å². The van der Waals surface area contributed by atoms with Crippen molar-refractivity contribution >= 4 is 16.7 Å². The Morgan fingerprint density at radius 1 is 0.862 bits per heavy atom. The molecular formula is C25H29N3O. The van der Waals surface area contributed by atoms with Crippen molar-refractivity contribution in [1.29, 1.82) is 0 Å². The van der Waals surface area contributed by atoms with Crippen LogP contribution in [0.1, 0.15) is 15.9 Å². The summed E-state index contributed by atoms with van der Waals surface area (Å²) in [6.07, 6.45) is 0. The van der Waals surface area contributed by atoms with E-state index >= 15 is 0 Å². The topological polar surface area (TPSA) is 26.8 Å². The van der Waals surface area contributed by atoms with Crippen LogP contribution < -0.4 is 0 Å². The number of likely N-dealkylation sites (N-methyl/N-ethyl adjacent to an activating group) is 1. The maximum Gasteiger partial charge on any atom is 0.254 e. The summed E-state index contributed by atoms with van der Waals surface area (Å²) in [6.45, 7) is 4.37. The van der Waals surface area contributed by atoms with Crippen LogP contribution >= 0.6 is 0 Å². The molecule has 0 aliphatic carbocycles. The van der Waals surface area contributed by atoms with Gasteiger partial charge in [-0.05, 0) is 54.7 Å².